The Morgan fingerprint density at radius 1 is 1.20 bits per heavy atom. The standard InChI is InChI=1S/C17H26N2O/c1-3-18-13-14-9-5-6-10-15(14)19-16(20)17(2)11-7-4-8-12-17/h5-6,9-10,18H,3-4,7-8,11-13H2,1-2H3,(H,19,20). The summed E-state index contributed by atoms with van der Waals surface area (Å²) in [5.41, 5.74) is 1.91. The molecule has 0 aliphatic heterocycles. The number of rotatable bonds is 5. The van der Waals surface area contributed by atoms with Crippen LogP contribution in [0.25, 0.3) is 0 Å². The molecule has 1 fully saturated rings. The van der Waals surface area contributed by atoms with Gasteiger partial charge in [-0.15, -0.1) is 0 Å². The van der Waals surface area contributed by atoms with Gasteiger partial charge in [0.25, 0.3) is 0 Å². The monoisotopic (exact) mass is 274 g/mol. The number of carbonyl (C=O) groups excluding carboxylic acids is 1. The van der Waals surface area contributed by atoms with E-state index in [0.717, 1.165) is 37.2 Å². The lowest BCUT2D eigenvalue weighted by molar-refractivity contribution is -0.126. The van der Waals surface area contributed by atoms with Gasteiger partial charge >= 0.3 is 0 Å². The molecule has 0 aromatic heterocycles. The van der Waals surface area contributed by atoms with Crippen LogP contribution in [0.2, 0.25) is 0 Å². The second-order valence-electron chi connectivity index (χ2n) is 6.01. The molecular weight excluding hydrogens is 248 g/mol. The number of anilines is 1. The van der Waals surface area contributed by atoms with Crippen LogP contribution in [0.15, 0.2) is 24.3 Å². The highest BCUT2D eigenvalue weighted by molar-refractivity contribution is 5.95. The van der Waals surface area contributed by atoms with Gasteiger partial charge in [-0.1, -0.05) is 51.3 Å². The molecule has 1 aliphatic rings. The minimum Gasteiger partial charge on any atom is -0.325 e. The topological polar surface area (TPSA) is 41.1 Å². The van der Waals surface area contributed by atoms with Crippen molar-refractivity contribution in [1.82, 2.24) is 5.32 Å². The minimum absolute atomic E-state index is 0.182. The Labute approximate surface area is 122 Å². The van der Waals surface area contributed by atoms with Crippen molar-refractivity contribution in [3.8, 4) is 0 Å². The summed E-state index contributed by atoms with van der Waals surface area (Å²) in [4.78, 5) is 12.6. The lowest BCUT2D eigenvalue weighted by atomic mass is 9.75. The van der Waals surface area contributed by atoms with Gasteiger partial charge in [0.15, 0.2) is 0 Å². The minimum atomic E-state index is -0.191. The number of carbonyl (C=O) groups is 1. The van der Waals surface area contributed by atoms with E-state index >= 15 is 0 Å². The van der Waals surface area contributed by atoms with E-state index in [2.05, 4.69) is 30.5 Å². The number of benzene rings is 1. The third-order valence-corrected chi connectivity index (χ3v) is 4.34. The van der Waals surface area contributed by atoms with E-state index < -0.39 is 0 Å². The third kappa shape index (κ3) is 3.60. The second kappa shape index (κ2) is 6.89. The van der Waals surface area contributed by atoms with Gasteiger partial charge in [-0.3, -0.25) is 4.79 Å². The molecule has 2 rings (SSSR count). The van der Waals surface area contributed by atoms with Gasteiger partial charge in [0.1, 0.15) is 0 Å². The SMILES string of the molecule is CCNCc1ccccc1NC(=O)C1(C)CCCCC1. The van der Waals surface area contributed by atoms with E-state index in [9.17, 15) is 4.79 Å². The smallest absolute Gasteiger partial charge is 0.230 e. The largest absolute Gasteiger partial charge is 0.325 e. The first kappa shape index (κ1) is 15.0. The Hall–Kier alpha value is -1.35. The molecule has 1 aromatic carbocycles. The van der Waals surface area contributed by atoms with Crippen LogP contribution < -0.4 is 10.6 Å². The summed E-state index contributed by atoms with van der Waals surface area (Å²) < 4.78 is 0. The Bertz CT molecular complexity index is 450. The van der Waals surface area contributed by atoms with E-state index in [1.54, 1.807) is 0 Å². The van der Waals surface area contributed by atoms with Crippen molar-refractivity contribution >= 4 is 11.6 Å². The van der Waals surface area contributed by atoms with Crippen LogP contribution in [-0.4, -0.2) is 12.5 Å². The molecule has 2 N–H and O–H groups in total. The first-order chi connectivity index (χ1) is 9.65. The van der Waals surface area contributed by atoms with Gasteiger partial charge in [0.05, 0.1) is 0 Å². The van der Waals surface area contributed by atoms with Crippen LogP contribution >= 0.6 is 0 Å². The van der Waals surface area contributed by atoms with Crippen molar-refractivity contribution in [1.29, 1.82) is 0 Å². The molecule has 110 valence electrons. The molecule has 1 saturated carbocycles. The van der Waals surface area contributed by atoms with E-state index in [-0.39, 0.29) is 11.3 Å². The molecule has 1 aromatic rings. The average molecular weight is 274 g/mol. The van der Waals surface area contributed by atoms with Crippen molar-refractivity contribution in [3.05, 3.63) is 29.8 Å². The number of nitrogens with one attached hydrogen (secondary N) is 2. The molecule has 0 atom stereocenters. The zero-order chi connectivity index (χ0) is 14.4. The fourth-order valence-corrected chi connectivity index (χ4v) is 2.89. The predicted octanol–water partition coefficient (Wildman–Crippen LogP) is 3.71. The van der Waals surface area contributed by atoms with Crippen molar-refractivity contribution in [3.63, 3.8) is 0 Å². The van der Waals surface area contributed by atoms with Crippen molar-refractivity contribution < 1.29 is 4.79 Å². The summed E-state index contributed by atoms with van der Waals surface area (Å²) in [7, 11) is 0. The van der Waals surface area contributed by atoms with Crippen LogP contribution in [0.4, 0.5) is 5.69 Å². The fourth-order valence-electron chi connectivity index (χ4n) is 2.89. The van der Waals surface area contributed by atoms with E-state index in [0.29, 0.717) is 0 Å². The molecule has 0 heterocycles. The zero-order valence-corrected chi connectivity index (χ0v) is 12.7. The molecular formula is C17H26N2O. The molecule has 3 nitrogen and oxygen atoms in total. The normalized spacial score (nSPS) is 17.7. The highest BCUT2D eigenvalue weighted by atomic mass is 16.2. The Morgan fingerprint density at radius 2 is 1.90 bits per heavy atom. The summed E-state index contributed by atoms with van der Waals surface area (Å²) in [6, 6.07) is 8.07. The maximum Gasteiger partial charge on any atom is 0.230 e. The van der Waals surface area contributed by atoms with E-state index in [1.165, 1.54) is 19.3 Å². The summed E-state index contributed by atoms with van der Waals surface area (Å²) >= 11 is 0. The number of para-hydroxylation sites is 1. The fraction of sp³-hybridized carbons (Fsp3) is 0.588. The first-order valence-corrected chi connectivity index (χ1v) is 7.76. The highest BCUT2D eigenvalue weighted by Crippen LogP contribution is 2.37. The Kier molecular flexibility index (Phi) is 5.18. The summed E-state index contributed by atoms with van der Waals surface area (Å²) in [5, 5.41) is 6.47. The lowest BCUT2D eigenvalue weighted by Gasteiger charge is -2.32. The number of hydrogen-bond donors (Lipinski definition) is 2. The summed E-state index contributed by atoms with van der Waals surface area (Å²) in [6.07, 6.45) is 5.62. The molecule has 0 saturated heterocycles. The summed E-state index contributed by atoms with van der Waals surface area (Å²) in [5.74, 6) is 0.182. The predicted molar refractivity (Wildman–Crippen MR) is 83.6 cm³/mol. The van der Waals surface area contributed by atoms with E-state index in [1.807, 2.05) is 18.2 Å². The molecule has 0 bridgehead atoms. The molecule has 0 radical (unpaired) electrons. The second-order valence-corrected chi connectivity index (χ2v) is 6.01. The van der Waals surface area contributed by atoms with Crippen LogP contribution in [0.1, 0.15) is 51.5 Å². The molecule has 0 spiro atoms. The maximum absolute atomic E-state index is 12.6. The van der Waals surface area contributed by atoms with Crippen LogP contribution in [0, 0.1) is 5.41 Å². The maximum atomic E-state index is 12.6. The number of amides is 1. The lowest BCUT2D eigenvalue weighted by Crippen LogP contribution is -2.35. The average Bonchev–Trinajstić information content (AvgIpc) is 2.47. The third-order valence-electron chi connectivity index (χ3n) is 4.34. The molecule has 0 unspecified atom stereocenters. The van der Waals surface area contributed by atoms with Gasteiger partial charge in [0.2, 0.25) is 5.91 Å². The van der Waals surface area contributed by atoms with Gasteiger partial charge in [-0.05, 0) is 31.0 Å². The first-order valence-electron chi connectivity index (χ1n) is 7.76. The molecule has 1 amide bonds. The molecule has 3 heteroatoms. The van der Waals surface area contributed by atoms with Crippen molar-refractivity contribution in [2.75, 3.05) is 11.9 Å². The van der Waals surface area contributed by atoms with Gasteiger partial charge in [0, 0.05) is 17.6 Å². The quantitative estimate of drug-likeness (QED) is 0.859. The highest BCUT2D eigenvalue weighted by Gasteiger charge is 2.34. The Balaban J connectivity index is 2.07. The molecule has 20 heavy (non-hydrogen) atoms. The summed E-state index contributed by atoms with van der Waals surface area (Å²) in [6.45, 7) is 5.92. The number of hydrogen-bond acceptors (Lipinski definition) is 2. The van der Waals surface area contributed by atoms with Gasteiger partial charge < -0.3 is 10.6 Å². The van der Waals surface area contributed by atoms with Gasteiger partial charge in [-0.2, -0.15) is 0 Å². The van der Waals surface area contributed by atoms with Crippen LogP contribution in [0.5, 0.6) is 0 Å². The zero-order valence-electron chi connectivity index (χ0n) is 12.7. The van der Waals surface area contributed by atoms with Crippen LogP contribution in [0.3, 0.4) is 0 Å². The molecule has 1 aliphatic carbocycles. The van der Waals surface area contributed by atoms with Gasteiger partial charge in [-0.25, -0.2) is 0 Å². The van der Waals surface area contributed by atoms with Crippen LogP contribution in [-0.2, 0) is 11.3 Å². The van der Waals surface area contributed by atoms with Crippen molar-refractivity contribution in [2.45, 2.75) is 52.5 Å². The van der Waals surface area contributed by atoms with Crippen molar-refractivity contribution in [2.24, 2.45) is 5.41 Å². The van der Waals surface area contributed by atoms with E-state index in [4.69, 9.17) is 0 Å². The Morgan fingerprint density at radius 3 is 2.60 bits per heavy atom.